The third kappa shape index (κ3) is 2.41. The standard InChI is InChI=1S/C12H13ClFN3O/c1-7-9(12(13)17(2)16-7)6-18-11-5-8(14)3-4-10(11)15/h3-5H,6,15H2,1-2H3. The van der Waals surface area contributed by atoms with Crippen molar-refractivity contribution in [3.05, 3.63) is 40.4 Å². The van der Waals surface area contributed by atoms with Gasteiger partial charge in [0.25, 0.3) is 0 Å². The Kier molecular flexibility index (Phi) is 3.43. The zero-order chi connectivity index (χ0) is 13.3. The Labute approximate surface area is 109 Å². The first-order valence-corrected chi connectivity index (χ1v) is 5.72. The molecule has 0 radical (unpaired) electrons. The average Bonchev–Trinajstić information content (AvgIpc) is 2.55. The minimum Gasteiger partial charge on any atom is -0.486 e. The quantitative estimate of drug-likeness (QED) is 0.872. The topological polar surface area (TPSA) is 53.1 Å². The van der Waals surface area contributed by atoms with Crippen LogP contribution in [0.5, 0.6) is 5.75 Å². The molecule has 0 amide bonds. The van der Waals surface area contributed by atoms with Gasteiger partial charge in [-0.05, 0) is 19.1 Å². The molecule has 0 unspecified atom stereocenters. The highest BCUT2D eigenvalue weighted by atomic mass is 35.5. The van der Waals surface area contributed by atoms with E-state index in [1.165, 1.54) is 18.2 Å². The largest absolute Gasteiger partial charge is 0.486 e. The number of nitrogen functional groups attached to an aromatic ring is 1. The van der Waals surface area contributed by atoms with Gasteiger partial charge in [-0.15, -0.1) is 0 Å². The van der Waals surface area contributed by atoms with Gasteiger partial charge in [-0.2, -0.15) is 5.10 Å². The van der Waals surface area contributed by atoms with Crippen molar-refractivity contribution in [3.63, 3.8) is 0 Å². The van der Waals surface area contributed by atoms with Gasteiger partial charge >= 0.3 is 0 Å². The van der Waals surface area contributed by atoms with Crippen LogP contribution in [0.1, 0.15) is 11.3 Å². The Bertz CT molecular complexity index is 583. The molecule has 2 N–H and O–H groups in total. The van der Waals surface area contributed by atoms with Gasteiger partial charge in [0.1, 0.15) is 23.3 Å². The van der Waals surface area contributed by atoms with Gasteiger partial charge in [0.2, 0.25) is 0 Å². The molecule has 96 valence electrons. The van der Waals surface area contributed by atoms with Gasteiger partial charge in [0.05, 0.1) is 11.4 Å². The number of nitrogens with two attached hydrogens (primary N) is 1. The maximum absolute atomic E-state index is 13.1. The summed E-state index contributed by atoms with van der Waals surface area (Å²) in [6.07, 6.45) is 0. The first-order chi connectivity index (χ1) is 8.49. The van der Waals surface area contributed by atoms with E-state index in [1.54, 1.807) is 11.7 Å². The van der Waals surface area contributed by atoms with Crippen LogP contribution >= 0.6 is 11.6 Å². The van der Waals surface area contributed by atoms with Gasteiger partial charge in [-0.1, -0.05) is 11.6 Å². The first kappa shape index (κ1) is 12.7. The number of aryl methyl sites for hydroxylation is 2. The van der Waals surface area contributed by atoms with Gasteiger partial charge in [-0.25, -0.2) is 4.39 Å². The molecule has 0 saturated carbocycles. The van der Waals surface area contributed by atoms with E-state index in [1.807, 2.05) is 6.92 Å². The predicted octanol–water partition coefficient (Wildman–Crippen LogP) is 2.68. The molecule has 6 heteroatoms. The van der Waals surface area contributed by atoms with Crippen molar-refractivity contribution in [3.8, 4) is 5.75 Å². The van der Waals surface area contributed by atoms with E-state index in [0.29, 0.717) is 16.6 Å². The lowest BCUT2D eigenvalue weighted by Crippen LogP contribution is -2.00. The SMILES string of the molecule is Cc1nn(C)c(Cl)c1COc1cc(F)ccc1N. The number of benzene rings is 1. The molecule has 1 aromatic carbocycles. The van der Waals surface area contributed by atoms with Crippen molar-refractivity contribution in [1.82, 2.24) is 9.78 Å². The van der Waals surface area contributed by atoms with E-state index in [-0.39, 0.29) is 6.61 Å². The number of ether oxygens (including phenoxy) is 1. The molecule has 2 rings (SSSR count). The lowest BCUT2D eigenvalue weighted by atomic mass is 10.2. The summed E-state index contributed by atoms with van der Waals surface area (Å²) in [6.45, 7) is 2.03. The van der Waals surface area contributed by atoms with Crippen LogP contribution in [0.3, 0.4) is 0 Å². The minimum absolute atomic E-state index is 0.201. The van der Waals surface area contributed by atoms with Crippen LogP contribution < -0.4 is 10.5 Å². The highest BCUT2D eigenvalue weighted by molar-refractivity contribution is 6.30. The zero-order valence-electron chi connectivity index (χ0n) is 10.1. The molecular formula is C12H13ClFN3O. The second-order valence-corrected chi connectivity index (χ2v) is 4.31. The monoisotopic (exact) mass is 269 g/mol. The number of nitrogens with zero attached hydrogens (tertiary/aromatic N) is 2. The Morgan fingerprint density at radius 2 is 2.22 bits per heavy atom. The molecule has 1 heterocycles. The second-order valence-electron chi connectivity index (χ2n) is 3.95. The molecule has 4 nitrogen and oxygen atoms in total. The van der Waals surface area contributed by atoms with Crippen LogP contribution in [0.25, 0.3) is 0 Å². The summed E-state index contributed by atoms with van der Waals surface area (Å²) in [6, 6.07) is 3.99. The predicted molar refractivity (Wildman–Crippen MR) is 68.1 cm³/mol. The summed E-state index contributed by atoms with van der Waals surface area (Å²) in [5.74, 6) is -0.0949. The van der Waals surface area contributed by atoms with Crippen LogP contribution in [-0.2, 0) is 13.7 Å². The number of hydrogen-bond donors (Lipinski definition) is 1. The molecule has 0 aliphatic heterocycles. The van der Waals surface area contributed by atoms with Crippen molar-refractivity contribution < 1.29 is 9.13 Å². The van der Waals surface area contributed by atoms with E-state index in [2.05, 4.69) is 5.10 Å². The molecule has 0 bridgehead atoms. The van der Waals surface area contributed by atoms with Crippen LogP contribution in [0.15, 0.2) is 18.2 Å². The van der Waals surface area contributed by atoms with Crippen molar-refractivity contribution in [2.45, 2.75) is 13.5 Å². The van der Waals surface area contributed by atoms with Gasteiger partial charge in [-0.3, -0.25) is 4.68 Å². The first-order valence-electron chi connectivity index (χ1n) is 5.35. The summed E-state index contributed by atoms with van der Waals surface area (Å²) >= 11 is 6.07. The molecule has 0 atom stereocenters. The lowest BCUT2D eigenvalue weighted by molar-refractivity contribution is 0.305. The Balaban J connectivity index is 2.19. The molecule has 0 fully saturated rings. The molecule has 0 spiro atoms. The fraction of sp³-hybridized carbons (Fsp3) is 0.250. The van der Waals surface area contributed by atoms with Crippen molar-refractivity contribution in [2.75, 3.05) is 5.73 Å². The number of aromatic nitrogens is 2. The highest BCUT2D eigenvalue weighted by Gasteiger charge is 2.12. The fourth-order valence-electron chi connectivity index (χ4n) is 1.62. The summed E-state index contributed by atoms with van der Waals surface area (Å²) < 4.78 is 20.1. The van der Waals surface area contributed by atoms with E-state index >= 15 is 0 Å². The van der Waals surface area contributed by atoms with Crippen LogP contribution in [0.4, 0.5) is 10.1 Å². The molecule has 0 saturated heterocycles. The van der Waals surface area contributed by atoms with Gasteiger partial charge < -0.3 is 10.5 Å². The minimum atomic E-state index is -0.395. The Morgan fingerprint density at radius 3 is 2.83 bits per heavy atom. The van der Waals surface area contributed by atoms with Crippen molar-refractivity contribution in [1.29, 1.82) is 0 Å². The summed E-state index contributed by atoms with van der Waals surface area (Å²) in [5.41, 5.74) is 7.61. The molecule has 2 aromatic rings. The third-order valence-corrected chi connectivity index (χ3v) is 3.09. The molecular weight excluding hydrogens is 257 g/mol. The van der Waals surface area contributed by atoms with Crippen LogP contribution in [0, 0.1) is 12.7 Å². The molecule has 18 heavy (non-hydrogen) atoms. The number of hydrogen-bond acceptors (Lipinski definition) is 3. The molecule has 0 aliphatic carbocycles. The fourth-order valence-corrected chi connectivity index (χ4v) is 1.85. The van der Waals surface area contributed by atoms with E-state index in [0.717, 1.165) is 11.3 Å². The third-order valence-electron chi connectivity index (χ3n) is 2.62. The van der Waals surface area contributed by atoms with E-state index < -0.39 is 5.82 Å². The molecule has 1 aromatic heterocycles. The smallest absolute Gasteiger partial charge is 0.145 e. The maximum Gasteiger partial charge on any atom is 0.145 e. The Morgan fingerprint density at radius 1 is 1.50 bits per heavy atom. The zero-order valence-corrected chi connectivity index (χ0v) is 10.8. The van der Waals surface area contributed by atoms with E-state index in [9.17, 15) is 4.39 Å². The van der Waals surface area contributed by atoms with Crippen molar-refractivity contribution in [2.24, 2.45) is 7.05 Å². The maximum atomic E-state index is 13.1. The summed E-state index contributed by atoms with van der Waals surface area (Å²) in [5, 5.41) is 4.66. The number of anilines is 1. The lowest BCUT2D eigenvalue weighted by Gasteiger charge is -2.08. The summed E-state index contributed by atoms with van der Waals surface area (Å²) in [4.78, 5) is 0. The highest BCUT2D eigenvalue weighted by Crippen LogP contribution is 2.25. The summed E-state index contributed by atoms with van der Waals surface area (Å²) in [7, 11) is 1.75. The average molecular weight is 270 g/mol. The number of rotatable bonds is 3. The van der Waals surface area contributed by atoms with Crippen molar-refractivity contribution >= 4 is 17.3 Å². The normalized spacial score (nSPS) is 10.7. The van der Waals surface area contributed by atoms with Crippen LogP contribution in [-0.4, -0.2) is 9.78 Å². The van der Waals surface area contributed by atoms with Gasteiger partial charge in [0, 0.05) is 18.7 Å². The van der Waals surface area contributed by atoms with E-state index in [4.69, 9.17) is 22.1 Å². The van der Waals surface area contributed by atoms with Gasteiger partial charge in [0.15, 0.2) is 0 Å². The second kappa shape index (κ2) is 4.86. The molecule has 0 aliphatic rings. The number of halogens is 2. The Hall–Kier alpha value is -1.75. The van der Waals surface area contributed by atoms with Crippen LogP contribution in [0.2, 0.25) is 5.15 Å².